The van der Waals surface area contributed by atoms with Crippen LogP contribution in [-0.2, 0) is 9.53 Å². The minimum Gasteiger partial charge on any atom is -0.375 e. The van der Waals surface area contributed by atoms with Crippen LogP contribution in [0.15, 0.2) is 60.9 Å². The Morgan fingerprint density at radius 1 is 1.07 bits per heavy atom. The Labute approximate surface area is 154 Å². The average molecular weight is 360 g/mol. The molecule has 0 atom stereocenters. The molecule has 0 aliphatic rings. The lowest BCUT2D eigenvalue weighted by molar-refractivity contribution is -0.119. The molecule has 3 heterocycles. The van der Waals surface area contributed by atoms with Gasteiger partial charge in [0.25, 0.3) is 0 Å². The molecule has 1 N–H and O–H groups in total. The zero-order valence-electron chi connectivity index (χ0n) is 14.5. The summed E-state index contributed by atoms with van der Waals surface area (Å²) in [4.78, 5) is 15.8. The highest BCUT2D eigenvalue weighted by molar-refractivity contribution is 5.92. The zero-order chi connectivity index (χ0) is 18.6. The third-order valence-corrected chi connectivity index (χ3v) is 3.92. The van der Waals surface area contributed by atoms with Crippen LogP contribution in [-0.4, -0.2) is 44.4 Å². The number of fused-ring (bicyclic) bond motifs is 1. The third kappa shape index (κ3) is 3.51. The molecule has 0 spiro atoms. The van der Waals surface area contributed by atoms with Crippen LogP contribution in [0.5, 0.6) is 0 Å². The molecule has 8 heteroatoms. The van der Waals surface area contributed by atoms with Crippen LogP contribution in [0, 0.1) is 0 Å². The van der Waals surface area contributed by atoms with E-state index >= 15 is 0 Å². The number of hydrogen-bond donors (Lipinski definition) is 1. The summed E-state index contributed by atoms with van der Waals surface area (Å²) in [6, 6.07) is 14.9. The van der Waals surface area contributed by atoms with Crippen molar-refractivity contribution in [1.82, 2.24) is 24.8 Å². The second kappa shape index (κ2) is 7.30. The van der Waals surface area contributed by atoms with Gasteiger partial charge in [0.15, 0.2) is 11.5 Å². The molecule has 1 amide bonds. The lowest BCUT2D eigenvalue weighted by Gasteiger charge is -2.07. The van der Waals surface area contributed by atoms with E-state index in [0.717, 1.165) is 16.8 Å². The first-order valence-electron chi connectivity index (χ1n) is 8.27. The van der Waals surface area contributed by atoms with Crippen LogP contribution in [0.3, 0.4) is 0 Å². The number of pyridine rings is 1. The lowest BCUT2D eigenvalue weighted by Crippen LogP contribution is -2.17. The van der Waals surface area contributed by atoms with Crippen molar-refractivity contribution in [1.29, 1.82) is 0 Å². The molecule has 4 aromatic rings. The monoisotopic (exact) mass is 360 g/mol. The van der Waals surface area contributed by atoms with Crippen LogP contribution >= 0.6 is 0 Å². The fourth-order valence-corrected chi connectivity index (χ4v) is 2.71. The van der Waals surface area contributed by atoms with Gasteiger partial charge in [-0.3, -0.25) is 9.78 Å². The Bertz CT molecular complexity index is 1090. The van der Waals surface area contributed by atoms with Gasteiger partial charge in [-0.05, 0) is 36.4 Å². The lowest BCUT2D eigenvalue weighted by atomic mass is 10.1. The molecule has 3 aromatic heterocycles. The summed E-state index contributed by atoms with van der Waals surface area (Å²) < 4.78 is 6.53. The van der Waals surface area contributed by atoms with E-state index in [-0.39, 0.29) is 12.5 Å². The van der Waals surface area contributed by atoms with Gasteiger partial charge in [-0.25, -0.2) is 0 Å². The van der Waals surface area contributed by atoms with Crippen molar-refractivity contribution in [2.45, 2.75) is 0 Å². The van der Waals surface area contributed by atoms with Crippen LogP contribution in [0.1, 0.15) is 0 Å². The maximum atomic E-state index is 11.7. The molecule has 0 bridgehead atoms. The first-order valence-corrected chi connectivity index (χ1v) is 8.27. The van der Waals surface area contributed by atoms with Gasteiger partial charge in [0.05, 0.1) is 5.69 Å². The van der Waals surface area contributed by atoms with Crippen molar-refractivity contribution >= 4 is 17.2 Å². The maximum absolute atomic E-state index is 11.7. The summed E-state index contributed by atoms with van der Waals surface area (Å²) in [6.07, 6.45) is 3.40. The minimum absolute atomic E-state index is 0.00440. The molecule has 4 rings (SSSR count). The molecule has 0 radical (unpaired) electrons. The number of aromatic nitrogens is 5. The minimum atomic E-state index is -0.211. The molecule has 1 aromatic carbocycles. The molecule has 0 saturated heterocycles. The largest absolute Gasteiger partial charge is 0.375 e. The average Bonchev–Trinajstić information content (AvgIpc) is 3.12. The van der Waals surface area contributed by atoms with Crippen molar-refractivity contribution in [2.75, 3.05) is 19.0 Å². The van der Waals surface area contributed by atoms with Gasteiger partial charge in [0, 0.05) is 36.3 Å². The van der Waals surface area contributed by atoms with Crippen molar-refractivity contribution < 1.29 is 9.53 Å². The van der Waals surface area contributed by atoms with Gasteiger partial charge in [-0.15, -0.1) is 10.2 Å². The molecule has 0 saturated carbocycles. The molecule has 0 aliphatic heterocycles. The highest BCUT2D eigenvalue weighted by Gasteiger charge is 2.11. The number of hydrogen-bond acceptors (Lipinski definition) is 6. The standard InChI is InChI=1S/C19H16N6O2/c1-27-12-18(26)21-15-4-2-3-14(11-15)16-5-6-17-22-23-19(25(17)24-16)13-7-9-20-10-8-13/h2-11H,12H2,1H3,(H,21,26). The molecule has 0 aliphatic carbocycles. The van der Waals surface area contributed by atoms with Gasteiger partial charge in [0.2, 0.25) is 5.91 Å². The number of methoxy groups -OCH3 is 1. The predicted molar refractivity (Wildman–Crippen MR) is 100.0 cm³/mol. The molecule has 27 heavy (non-hydrogen) atoms. The van der Waals surface area contributed by atoms with Crippen LogP contribution in [0.25, 0.3) is 28.3 Å². The zero-order valence-corrected chi connectivity index (χ0v) is 14.5. The van der Waals surface area contributed by atoms with Crippen molar-refractivity contribution in [3.05, 3.63) is 60.9 Å². The smallest absolute Gasteiger partial charge is 0.250 e. The van der Waals surface area contributed by atoms with Crippen molar-refractivity contribution in [3.8, 4) is 22.6 Å². The van der Waals surface area contributed by atoms with Crippen LogP contribution in [0.2, 0.25) is 0 Å². The molecular formula is C19H16N6O2. The molecule has 134 valence electrons. The Kier molecular flexibility index (Phi) is 4.54. The summed E-state index contributed by atoms with van der Waals surface area (Å²) in [5.41, 5.74) is 3.80. The van der Waals surface area contributed by atoms with E-state index in [1.54, 1.807) is 16.9 Å². The molecule has 0 fully saturated rings. The van der Waals surface area contributed by atoms with E-state index < -0.39 is 0 Å². The summed E-state index contributed by atoms with van der Waals surface area (Å²) in [7, 11) is 1.48. The van der Waals surface area contributed by atoms with Crippen LogP contribution < -0.4 is 5.32 Å². The summed E-state index contributed by atoms with van der Waals surface area (Å²) in [6.45, 7) is 0.00440. The number of amides is 1. The fourth-order valence-electron chi connectivity index (χ4n) is 2.71. The van der Waals surface area contributed by atoms with Gasteiger partial charge in [0.1, 0.15) is 6.61 Å². The molecule has 0 unspecified atom stereocenters. The van der Waals surface area contributed by atoms with Gasteiger partial charge in [-0.2, -0.15) is 9.61 Å². The predicted octanol–water partition coefficient (Wildman–Crippen LogP) is 2.44. The Morgan fingerprint density at radius 2 is 1.93 bits per heavy atom. The van der Waals surface area contributed by atoms with E-state index in [1.807, 2.05) is 48.5 Å². The van der Waals surface area contributed by atoms with E-state index in [1.165, 1.54) is 7.11 Å². The number of anilines is 1. The quantitative estimate of drug-likeness (QED) is 0.587. The summed E-state index contributed by atoms with van der Waals surface area (Å²) in [5, 5.41) is 15.9. The second-order valence-electron chi connectivity index (χ2n) is 5.81. The highest BCUT2D eigenvalue weighted by atomic mass is 16.5. The molecular weight excluding hydrogens is 344 g/mol. The summed E-state index contributed by atoms with van der Waals surface area (Å²) in [5.74, 6) is 0.427. The van der Waals surface area contributed by atoms with Crippen molar-refractivity contribution in [3.63, 3.8) is 0 Å². The Morgan fingerprint density at radius 3 is 2.74 bits per heavy atom. The molecule has 8 nitrogen and oxygen atoms in total. The number of carbonyl (C=O) groups excluding carboxylic acids is 1. The second-order valence-corrected chi connectivity index (χ2v) is 5.81. The SMILES string of the molecule is COCC(=O)Nc1cccc(-c2ccc3nnc(-c4ccncc4)n3n2)c1. The first-order chi connectivity index (χ1) is 13.2. The number of benzene rings is 1. The highest BCUT2D eigenvalue weighted by Crippen LogP contribution is 2.23. The van der Waals surface area contributed by atoms with E-state index in [9.17, 15) is 4.79 Å². The fraction of sp³-hybridized carbons (Fsp3) is 0.105. The normalized spacial score (nSPS) is 10.9. The third-order valence-electron chi connectivity index (χ3n) is 3.92. The number of nitrogens with zero attached hydrogens (tertiary/aromatic N) is 5. The number of nitrogens with one attached hydrogen (secondary N) is 1. The Hall–Kier alpha value is -3.65. The van der Waals surface area contributed by atoms with Gasteiger partial charge in [-0.1, -0.05) is 12.1 Å². The first kappa shape index (κ1) is 16.8. The van der Waals surface area contributed by atoms with E-state index in [2.05, 4.69) is 25.6 Å². The van der Waals surface area contributed by atoms with Crippen LogP contribution in [0.4, 0.5) is 5.69 Å². The van der Waals surface area contributed by atoms with Crippen molar-refractivity contribution in [2.24, 2.45) is 0 Å². The number of carbonyl (C=O) groups is 1. The topological polar surface area (TPSA) is 94.3 Å². The maximum Gasteiger partial charge on any atom is 0.250 e. The number of rotatable bonds is 5. The van der Waals surface area contributed by atoms with Gasteiger partial charge < -0.3 is 10.1 Å². The van der Waals surface area contributed by atoms with E-state index in [0.29, 0.717) is 17.2 Å². The van der Waals surface area contributed by atoms with E-state index in [4.69, 9.17) is 4.74 Å². The Balaban J connectivity index is 1.71. The van der Waals surface area contributed by atoms with Gasteiger partial charge >= 0.3 is 0 Å². The number of ether oxygens (including phenoxy) is 1. The summed E-state index contributed by atoms with van der Waals surface area (Å²) >= 11 is 0.